The zero-order chi connectivity index (χ0) is 13.1. The lowest BCUT2D eigenvalue weighted by atomic mass is 9.85. The van der Waals surface area contributed by atoms with Crippen molar-refractivity contribution in [2.24, 2.45) is 11.7 Å². The Balaban J connectivity index is 1.85. The van der Waals surface area contributed by atoms with E-state index in [4.69, 9.17) is 5.73 Å². The Morgan fingerprint density at radius 1 is 1.06 bits per heavy atom. The van der Waals surface area contributed by atoms with Gasteiger partial charge in [-0.25, -0.2) is 0 Å². The van der Waals surface area contributed by atoms with Gasteiger partial charge in [0.2, 0.25) is 11.8 Å². The number of amides is 2. The molecule has 2 rings (SSSR count). The standard InChI is InChI=1S/C13H23N3O2/c1-10(17)15-5-7-16(8-6-15)13(18)11-3-2-4-12(14)9-11/h11-12H,2-9,14H2,1H3/t11-,12+/m0/s1. The van der Waals surface area contributed by atoms with Gasteiger partial charge >= 0.3 is 0 Å². The van der Waals surface area contributed by atoms with E-state index in [-0.39, 0.29) is 23.8 Å². The number of nitrogens with two attached hydrogens (primary N) is 1. The van der Waals surface area contributed by atoms with Crippen LogP contribution in [0, 0.1) is 5.92 Å². The van der Waals surface area contributed by atoms with Gasteiger partial charge in [-0.15, -0.1) is 0 Å². The summed E-state index contributed by atoms with van der Waals surface area (Å²) >= 11 is 0. The second kappa shape index (κ2) is 5.69. The molecule has 1 saturated heterocycles. The Hall–Kier alpha value is -1.10. The number of rotatable bonds is 1. The van der Waals surface area contributed by atoms with Gasteiger partial charge in [-0.3, -0.25) is 9.59 Å². The van der Waals surface area contributed by atoms with Crippen molar-refractivity contribution in [3.05, 3.63) is 0 Å². The molecule has 2 aliphatic rings. The van der Waals surface area contributed by atoms with E-state index in [0.717, 1.165) is 25.7 Å². The Bertz CT molecular complexity index is 324. The Morgan fingerprint density at radius 3 is 2.22 bits per heavy atom. The minimum Gasteiger partial charge on any atom is -0.339 e. The van der Waals surface area contributed by atoms with E-state index in [2.05, 4.69) is 0 Å². The largest absolute Gasteiger partial charge is 0.339 e. The van der Waals surface area contributed by atoms with Gasteiger partial charge in [0.25, 0.3) is 0 Å². The molecule has 1 aliphatic carbocycles. The quantitative estimate of drug-likeness (QED) is 0.725. The van der Waals surface area contributed by atoms with Crippen LogP contribution in [0.2, 0.25) is 0 Å². The zero-order valence-electron chi connectivity index (χ0n) is 11.1. The molecule has 18 heavy (non-hydrogen) atoms. The highest BCUT2D eigenvalue weighted by Gasteiger charge is 2.30. The molecule has 2 atom stereocenters. The van der Waals surface area contributed by atoms with Crippen LogP contribution in [0.5, 0.6) is 0 Å². The first-order valence-electron chi connectivity index (χ1n) is 6.88. The maximum atomic E-state index is 12.3. The Labute approximate surface area is 108 Å². The summed E-state index contributed by atoms with van der Waals surface area (Å²) in [6.07, 6.45) is 3.90. The highest BCUT2D eigenvalue weighted by atomic mass is 16.2. The number of carbonyl (C=O) groups is 2. The minimum atomic E-state index is 0.0989. The molecule has 102 valence electrons. The van der Waals surface area contributed by atoms with Gasteiger partial charge in [-0.05, 0) is 19.3 Å². The SMILES string of the molecule is CC(=O)N1CCN(C(=O)[C@H]2CCC[C@@H](N)C2)CC1. The molecule has 0 unspecified atom stereocenters. The van der Waals surface area contributed by atoms with Crippen molar-refractivity contribution in [3.63, 3.8) is 0 Å². The van der Waals surface area contributed by atoms with E-state index in [9.17, 15) is 9.59 Å². The summed E-state index contributed by atoms with van der Waals surface area (Å²) in [4.78, 5) is 27.3. The molecule has 0 spiro atoms. The fourth-order valence-electron chi connectivity index (χ4n) is 2.95. The number of hydrogen-bond donors (Lipinski definition) is 1. The highest BCUT2D eigenvalue weighted by molar-refractivity contribution is 5.79. The normalized spacial score (nSPS) is 29.2. The lowest BCUT2D eigenvalue weighted by Crippen LogP contribution is -2.52. The van der Waals surface area contributed by atoms with Gasteiger partial charge in [0.1, 0.15) is 0 Å². The average molecular weight is 253 g/mol. The summed E-state index contributed by atoms with van der Waals surface area (Å²) in [6, 6.07) is 0.186. The van der Waals surface area contributed by atoms with E-state index in [1.54, 1.807) is 11.8 Å². The first-order chi connectivity index (χ1) is 8.58. The van der Waals surface area contributed by atoms with E-state index in [1.165, 1.54) is 0 Å². The lowest BCUT2D eigenvalue weighted by Gasteiger charge is -2.37. The molecule has 0 bridgehead atoms. The molecule has 1 saturated carbocycles. The van der Waals surface area contributed by atoms with Crippen molar-refractivity contribution in [3.8, 4) is 0 Å². The van der Waals surface area contributed by atoms with Gasteiger partial charge in [0.15, 0.2) is 0 Å². The first kappa shape index (κ1) is 13.3. The molecule has 0 aromatic rings. The molecule has 2 fully saturated rings. The molecule has 2 N–H and O–H groups in total. The van der Waals surface area contributed by atoms with Crippen LogP contribution in [-0.4, -0.2) is 53.8 Å². The predicted molar refractivity (Wildman–Crippen MR) is 68.8 cm³/mol. The second-order valence-electron chi connectivity index (χ2n) is 5.45. The summed E-state index contributed by atoms with van der Waals surface area (Å²) in [5, 5.41) is 0. The third-order valence-corrected chi connectivity index (χ3v) is 4.10. The van der Waals surface area contributed by atoms with Crippen molar-refractivity contribution in [1.29, 1.82) is 0 Å². The molecular weight excluding hydrogens is 230 g/mol. The van der Waals surface area contributed by atoms with Crippen molar-refractivity contribution in [1.82, 2.24) is 9.80 Å². The minimum absolute atomic E-state index is 0.0989. The number of hydrogen-bond acceptors (Lipinski definition) is 3. The predicted octanol–water partition coefficient (Wildman–Crippen LogP) is 0.195. The molecule has 0 aromatic carbocycles. The summed E-state index contributed by atoms with van der Waals surface area (Å²) in [6.45, 7) is 4.26. The maximum Gasteiger partial charge on any atom is 0.225 e. The molecule has 2 amide bonds. The fraction of sp³-hybridized carbons (Fsp3) is 0.846. The van der Waals surface area contributed by atoms with Crippen LogP contribution in [0.15, 0.2) is 0 Å². The van der Waals surface area contributed by atoms with Gasteiger partial charge in [-0.2, -0.15) is 0 Å². The molecule has 1 aliphatic heterocycles. The molecule has 5 heteroatoms. The molecule has 5 nitrogen and oxygen atoms in total. The van der Waals surface area contributed by atoms with Crippen LogP contribution in [-0.2, 0) is 9.59 Å². The summed E-state index contributed by atoms with van der Waals surface area (Å²) in [5.41, 5.74) is 5.93. The van der Waals surface area contributed by atoms with Crippen molar-refractivity contribution >= 4 is 11.8 Å². The van der Waals surface area contributed by atoms with E-state index < -0.39 is 0 Å². The lowest BCUT2D eigenvalue weighted by molar-refractivity contribution is -0.142. The van der Waals surface area contributed by atoms with Gasteiger partial charge in [0.05, 0.1) is 0 Å². The molecule has 1 heterocycles. The third kappa shape index (κ3) is 3.02. The van der Waals surface area contributed by atoms with Crippen LogP contribution < -0.4 is 5.73 Å². The number of carbonyl (C=O) groups excluding carboxylic acids is 2. The maximum absolute atomic E-state index is 12.3. The van der Waals surface area contributed by atoms with E-state index in [1.807, 2.05) is 4.90 Å². The van der Waals surface area contributed by atoms with Gasteiger partial charge < -0.3 is 15.5 Å². The number of nitrogens with zero attached hydrogens (tertiary/aromatic N) is 2. The summed E-state index contributed by atoms with van der Waals surface area (Å²) in [5.74, 6) is 0.452. The van der Waals surface area contributed by atoms with Crippen LogP contribution in [0.3, 0.4) is 0 Å². The monoisotopic (exact) mass is 253 g/mol. The fourth-order valence-corrected chi connectivity index (χ4v) is 2.95. The second-order valence-corrected chi connectivity index (χ2v) is 5.45. The van der Waals surface area contributed by atoms with Gasteiger partial charge in [0, 0.05) is 45.1 Å². The van der Waals surface area contributed by atoms with Crippen LogP contribution in [0.25, 0.3) is 0 Å². The zero-order valence-corrected chi connectivity index (χ0v) is 11.1. The van der Waals surface area contributed by atoms with Crippen LogP contribution >= 0.6 is 0 Å². The first-order valence-corrected chi connectivity index (χ1v) is 6.88. The molecule has 0 aromatic heterocycles. The van der Waals surface area contributed by atoms with Crippen molar-refractivity contribution < 1.29 is 9.59 Å². The van der Waals surface area contributed by atoms with Crippen molar-refractivity contribution in [2.45, 2.75) is 38.6 Å². The third-order valence-electron chi connectivity index (χ3n) is 4.10. The smallest absolute Gasteiger partial charge is 0.225 e. The average Bonchev–Trinajstić information content (AvgIpc) is 2.38. The topological polar surface area (TPSA) is 66.6 Å². The number of piperazine rings is 1. The van der Waals surface area contributed by atoms with E-state index >= 15 is 0 Å². The van der Waals surface area contributed by atoms with Crippen LogP contribution in [0.1, 0.15) is 32.6 Å². The van der Waals surface area contributed by atoms with Gasteiger partial charge in [-0.1, -0.05) is 6.42 Å². The Morgan fingerprint density at radius 2 is 1.67 bits per heavy atom. The highest BCUT2D eigenvalue weighted by Crippen LogP contribution is 2.25. The van der Waals surface area contributed by atoms with E-state index in [0.29, 0.717) is 26.2 Å². The summed E-state index contributed by atoms with van der Waals surface area (Å²) < 4.78 is 0. The molecular formula is C13H23N3O2. The Kier molecular flexibility index (Phi) is 4.22. The van der Waals surface area contributed by atoms with Crippen LogP contribution in [0.4, 0.5) is 0 Å². The molecule has 0 radical (unpaired) electrons. The van der Waals surface area contributed by atoms with Crippen molar-refractivity contribution in [2.75, 3.05) is 26.2 Å². The summed E-state index contributed by atoms with van der Waals surface area (Å²) in [7, 11) is 0.